The van der Waals surface area contributed by atoms with E-state index in [1.807, 2.05) is 0 Å². The van der Waals surface area contributed by atoms with Crippen LogP contribution in [0.4, 0.5) is 0 Å². The Balaban J connectivity index is 1.69. The largest absolute Gasteiger partial charge is 0.425 e. The Labute approximate surface area is 121 Å². The molecule has 1 aromatic rings. The summed E-state index contributed by atoms with van der Waals surface area (Å²) in [7, 11) is 0. The van der Waals surface area contributed by atoms with Gasteiger partial charge in [-0.2, -0.15) is 0 Å². The van der Waals surface area contributed by atoms with Crippen molar-refractivity contribution in [3.63, 3.8) is 0 Å². The Morgan fingerprint density at radius 2 is 1.90 bits per heavy atom. The van der Waals surface area contributed by atoms with Crippen molar-refractivity contribution in [1.82, 2.24) is 15.5 Å². The molecule has 1 saturated heterocycles. The van der Waals surface area contributed by atoms with Gasteiger partial charge in [0.05, 0.1) is 6.10 Å². The fourth-order valence-corrected chi connectivity index (χ4v) is 2.35. The summed E-state index contributed by atoms with van der Waals surface area (Å²) in [5.74, 6) is 1.46. The molecule has 0 spiro atoms. The molecule has 0 aromatic carbocycles. The summed E-state index contributed by atoms with van der Waals surface area (Å²) in [4.78, 5) is 0. The molecule has 1 fully saturated rings. The fourth-order valence-electron chi connectivity index (χ4n) is 2.35. The van der Waals surface area contributed by atoms with Gasteiger partial charge in [-0.05, 0) is 46.5 Å². The third-order valence-corrected chi connectivity index (χ3v) is 3.46. The van der Waals surface area contributed by atoms with E-state index < -0.39 is 0 Å². The average molecular weight is 281 g/mol. The number of hydrogen-bond donors (Lipinski definition) is 1. The molecule has 1 aliphatic heterocycles. The highest BCUT2D eigenvalue weighted by molar-refractivity contribution is 4.85. The topological polar surface area (TPSA) is 60.2 Å². The third-order valence-electron chi connectivity index (χ3n) is 3.46. The van der Waals surface area contributed by atoms with Crippen LogP contribution in [0.15, 0.2) is 4.42 Å². The van der Waals surface area contributed by atoms with E-state index in [0.29, 0.717) is 6.10 Å². The Bertz CT molecular complexity index is 392. The van der Waals surface area contributed by atoms with Crippen molar-refractivity contribution >= 4 is 0 Å². The zero-order valence-corrected chi connectivity index (χ0v) is 12.9. The second-order valence-corrected chi connectivity index (χ2v) is 6.54. The van der Waals surface area contributed by atoms with Crippen LogP contribution in [0.2, 0.25) is 0 Å². The van der Waals surface area contributed by atoms with Crippen LogP contribution in [-0.2, 0) is 17.6 Å². The number of nitrogens with one attached hydrogen (secondary N) is 1. The van der Waals surface area contributed by atoms with Crippen molar-refractivity contribution in [2.75, 3.05) is 13.2 Å². The zero-order chi connectivity index (χ0) is 14.4. The summed E-state index contributed by atoms with van der Waals surface area (Å²) < 4.78 is 11.4. The maximum Gasteiger partial charge on any atom is 0.217 e. The average Bonchev–Trinajstić information content (AvgIpc) is 2.84. The maximum atomic E-state index is 5.71. The molecule has 5 heteroatoms. The first-order valence-electron chi connectivity index (χ1n) is 7.71. The molecule has 114 valence electrons. The van der Waals surface area contributed by atoms with E-state index in [0.717, 1.165) is 50.6 Å². The molecule has 0 bridgehead atoms. The molecule has 0 amide bonds. The van der Waals surface area contributed by atoms with Gasteiger partial charge in [0.1, 0.15) is 0 Å². The molecule has 1 aliphatic rings. The van der Waals surface area contributed by atoms with Gasteiger partial charge in [-0.1, -0.05) is 0 Å². The van der Waals surface area contributed by atoms with Gasteiger partial charge in [0, 0.05) is 31.5 Å². The molecule has 1 N–H and O–H groups in total. The Morgan fingerprint density at radius 1 is 1.15 bits per heavy atom. The van der Waals surface area contributed by atoms with Crippen LogP contribution in [0.1, 0.15) is 58.2 Å². The Hall–Kier alpha value is -0.940. The van der Waals surface area contributed by atoms with Crippen molar-refractivity contribution < 1.29 is 9.15 Å². The smallest absolute Gasteiger partial charge is 0.217 e. The lowest BCUT2D eigenvalue weighted by atomic mass is 10.0. The summed E-state index contributed by atoms with van der Waals surface area (Å²) >= 11 is 0. The zero-order valence-electron chi connectivity index (χ0n) is 12.9. The molecule has 1 unspecified atom stereocenters. The van der Waals surface area contributed by atoms with Gasteiger partial charge in [0.25, 0.3) is 0 Å². The first-order valence-corrected chi connectivity index (χ1v) is 7.71. The van der Waals surface area contributed by atoms with Gasteiger partial charge in [0.2, 0.25) is 11.8 Å². The van der Waals surface area contributed by atoms with Crippen molar-refractivity contribution in [1.29, 1.82) is 0 Å². The molecular formula is C15H27N3O2. The molecule has 20 heavy (non-hydrogen) atoms. The molecule has 1 atom stereocenters. The number of ether oxygens (including phenoxy) is 1. The molecule has 2 heterocycles. The number of aromatic nitrogens is 2. The Kier molecular flexibility index (Phi) is 5.54. The lowest BCUT2D eigenvalue weighted by Crippen LogP contribution is -2.37. The highest BCUT2D eigenvalue weighted by atomic mass is 16.5. The highest BCUT2D eigenvalue weighted by Gasteiger charge is 2.16. The quantitative estimate of drug-likeness (QED) is 0.868. The van der Waals surface area contributed by atoms with Crippen LogP contribution in [0.25, 0.3) is 0 Å². The summed E-state index contributed by atoms with van der Waals surface area (Å²) in [5.41, 5.74) is 0.126. The predicted molar refractivity (Wildman–Crippen MR) is 77.7 cm³/mol. The minimum atomic E-state index is 0.126. The van der Waals surface area contributed by atoms with E-state index in [-0.39, 0.29) is 5.54 Å². The molecule has 5 nitrogen and oxygen atoms in total. The first kappa shape index (κ1) is 15.4. The van der Waals surface area contributed by atoms with Gasteiger partial charge < -0.3 is 14.5 Å². The fraction of sp³-hybridized carbons (Fsp3) is 0.867. The van der Waals surface area contributed by atoms with Crippen LogP contribution < -0.4 is 5.32 Å². The third kappa shape index (κ3) is 5.59. The van der Waals surface area contributed by atoms with Crippen LogP contribution in [0.5, 0.6) is 0 Å². The lowest BCUT2D eigenvalue weighted by molar-refractivity contribution is 0.0105. The van der Waals surface area contributed by atoms with Crippen LogP contribution in [-0.4, -0.2) is 35.0 Å². The molecule has 0 radical (unpaired) electrons. The SMILES string of the molecule is CC(C)(C)NCCc1nnc(CCC2CCCCO2)o1. The second kappa shape index (κ2) is 7.18. The normalized spacial score (nSPS) is 20.2. The summed E-state index contributed by atoms with van der Waals surface area (Å²) in [6.45, 7) is 8.21. The van der Waals surface area contributed by atoms with Gasteiger partial charge in [-0.3, -0.25) is 0 Å². The van der Waals surface area contributed by atoms with Crippen LogP contribution >= 0.6 is 0 Å². The van der Waals surface area contributed by atoms with Crippen molar-refractivity contribution in [3.8, 4) is 0 Å². The summed E-state index contributed by atoms with van der Waals surface area (Å²) in [6, 6.07) is 0. The molecule has 1 aromatic heterocycles. The van der Waals surface area contributed by atoms with Gasteiger partial charge >= 0.3 is 0 Å². The number of aryl methyl sites for hydroxylation is 1. The highest BCUT2D eigenvalue weighted by Crippen LogP contribution is 2.17. The number of nitrogens with zero attached hydrogens (tertiary/aromatic N) is 2. The van der Waals surface area contributed by atoms with E-state index in [1.54, 1.807) is 0 Å². The van der Waals surface area contributed by atoms with Crippen LogP contribution in [0.3, 0.4) is 0 Å². The van der Waals surface area contributed by atoms with Gasteiger partial charge in [0.15, 0.2) is 0 Å². The second-order valence-electron chi connectivity index (χ2n) is 6.54. The van der Waals surface area contributed by atoms with Gasteiger partial charge in [-0.15, -0.1) is 10.2 Å². The van der Waals surface area contributed by atoms with E-state index in [4.69, 9.17) is 9.15 Å². The molecule has 2 rings (SSSR count). The van der Waals surface area contributed by atoms with E-state index in [9.17, 15) is 0 Å². The standard InChI is InChI=1S/C15H27N3O2/c1-15(2,3)16-10-9-14-18-17-13(20-14)8-7-12-6-4-5-11-19-12/h12,16H,4-11H2,1-3H3. The molecule has 0 saturated carbocycles. The van der Waals surface area contributed by atoms with Gasteiger partial charge in [-0.25, -0.2) is 0 Å². The molecule has 0 aliphatic carbocycles. The van der Waals surface area contributed by atoms with E-state index >= 15 is 0 Å². The minimum absolute atomic E-state index is 0.126. The number of hydrogen-bond acceptors (Lipinski definition) is 5. The first-order chi connectivity index (χ1) is 9.53. The summed E-state index contributed by atoms with van der Waals surface area (Å²) in [6.07, 6.45) is 6.61. The van der Waals surface area contributed by atoms with Crippen molar-refractivity contribution in [3.05, 3.63) is 11.8 Å². The number of rotatable bonds is 6. The van der Waals surface area contributed by atoms with Crippen LogP contribution in [0, 0.1) is 0 Å². The van der Waals surface area contributed by atoms with E-state index in [2.05, 4.69) is 36.3 Å². The summed E-state index contributed by atoms with van der Waals surface area (Å²) in [5, 5.41) is 11.6. The van der Waals surface area contributed by atoms with Crippen molar-refractivity contribution in [2.24, 2.45) is 0 Å². The minimum Gasteiger partial charge on any atom is -0.425 e. The predicted octanol–water partition coefficient (Wildman–Crippen LogP) is 2.50. The molecular weight excluding hydrogens is 254 g/mol. The maximum absolute atomic E-state index is 5.71. The monoisotopic (exact) mass is 281 g/mol. The lowest BCUT2D eigenvalue weighted by Gasteiger charge is -2.21. The van der Waals surface area contributed by atoms with Crippen molar-refractivity contribution in [2.45, 2.75) is 70.9 Å². The Morgan fingerprint density at radius 3 is 2.55 bits per heavy atom. The van der Waals surface area contributed by atoms with E-state index in [1.165, 1.54) is 12.8 Å².